The lowest BCUT2D eigenvalue weighted by atomic mass is 9.98. The lowest BCUT2D eigenvalue weighted by Crippen LogP contribution is -2.40. The highest BCUT2D eigenvalue weighted by Gasteiger charge is 2.36. The van der Waals surface area contributed by atoms with Crippen molar-refractivity contribution in [3.05, 3.63) is 35.4 Å². The van der Waals surface area contributed by atoms with E-state index in [1.807, 2.05) is 0 Å². The zero-order valence-corrected chi connectivity index (χ0v) is 11.9. The van der Waals surface area contributed by atoms with Crippen LogP contribution in [0.3, 0.4) is 0 Å². The van der Waals surface area contributed by atoms with E-state index in [9.17, 15) is 5.11 Å². The molecule has 104 valence electrons. The van der Waals surface area contributed by atoms with E-state index < -0.39 is 5.60 Å². The molecule has 2 aliphatic rings. The minimum atomic E-state index is -0.447. The van der Waals surface area contributed by atoms with Crippen molar-refractivity contribution in [1.29, 1.82) is 0 Å². The molecule has 0 amide bonds. The number of nitrogens with one attached hydrogen (secondary N) is 1. The third-order valence-corrected chi connectivity index (χ3v) is 4.72. The Morgan fingerprint density at radius 2 is 1.84 bits per heavy atom. The number of aryl methyl sites for hydroxylation is 1. The third-order valence-electron chi connectivity index (χ3n) is 4.72. The average Bonchev–Trinajstić information content (AvgIpc) is 3.14. The van der Waals surface area contributed by atoms with Crippen LogP contribution in [-0.2, 0) is 0 Å². The van der Waals surface area contributed by atoms with Crippen LogP contribution in [0.4, 0.5) is 0 Å². The molecule has 1 atom stereocenters. The topological polar surface area (TPSA) is 32.3 Å². The van der Waals surface area contributed by atoms with Gasteiger partial charge < -0.3 is 10.4 Å². The largest absolute Gasteiger partial charge is 0.389 e. The van der Waals surface area contributed by atoms with Gasteiger partial charge in [0, 0.05) is 12.6 Å². The van der Waals surface area contributed by atoms with Gasteiger partial charge in [-0.25, -0.2) is 0 Å². The van der Waals surface area contributed by atoms with Crippen LogP contribution in [-0.4, -0.2) is 17.3 Å². The van der Waals surface area contributed by atoms with Crippen LogP contribution in [0.15, 0.2) is 24.3 Å². The van der Waals surface area contributed by atoms with Crippen LogP contribution in [0, 0.1) is 12.8 Å². The van der Waals surface area contributed by atoms with Crippen molar-refractivity contribution in [2.24, 2.45) is 5.92 Å². The van der Waals surface area contributed by atoms with Crippen molar-refractivity contribution in [3.63, 3.8) is 0 Å². The Morgan fingerprint density at radius 1 is 1.21 bits per heavy atom. The molecule has 3 rings (SSSR count). The Kier molecular flexibility index (Phi) is 3.64. The van der Waals surface area contributed by atoms with E-state index in [-0.39, 0.29) is 0 Å². The molecule has 2 saturated carbocycles. The molecule has 1 unspecified atom stereocenters. The Morgan fingerprint density at radius 3 is 2.42 bits per heavy atom. The maximum absolute atomic E-state index is 10.5. The SMILES string of the molecule is Cc1ccc(C(NCC2(O)CCCC2)C2CC2)cc1. The van der Waals surface area contributed by atoms with Gasteiger partial charge in [0.15, 0.2) is 0 Å². The maximum Gasteiger partial charge on any atom is 0.0771 e. The smallest absolute Gasteiger partial charge is 0.0771 e. The van der Waals surface area contributed by atoms with Gasteiger partial charge in [0.05, 0.1) is 5.60 Å². The number of benzene rings is 1. The van der Waals surface area contributed by atoms with Crippen molar-refractivity contribution in [3.8, 4) is 0 Å². The first kappa shape index (κ1) is 13.1. The molecule has 0 saturated heterocycles. The first-order valence-corrected chi connectivity index (χ1v) is 7.69. The summed E-state index contributed by atoms with van der Waals surface area (Å²) in [7, 11) is 0. The van der Waals surface area contributed by atoms with Crippen molar-refractivity contribution in [2.45, 2.75) is 57.1 Å². The number of rotatable bonds is 5. The van der Waals surface area contributed by atoms with Crippen LogP contribution in [0.25, 0.3) is 0 Å². The fraction of sp³-hybridized carbons (Fsp3) is 0.647. The number of aliphatic hydroxyl groups is 1. The molecule has 2 fully saturated rings. The van der Waals surface area contributed by atoms with E-state index >= 15 is 0 Å². The molecule has 2 aliphatic carbocycles. The predicted molar refractivity (Wildman–Crippen MR) is 78.1 cm³/mol. The summed E-state index contributed by atoms with van der Waals surface area (Å²) in [4.78, 5) is 0. The zero-order valence-electron chi connectivity index (χ0n) is 11.9. The van der Waals surface area contributed by atoms with Gasteiger partial charge in [-0.1, -0.05) is 42.7 Å². The van der Waals surface area contributed by atoms with Crippen LogP contribution in [0.5, 0.6) is 0 Å². The average molecular weight is 259 g/mol. The molecule has 2 N–H and O–H groups in total. The monoisotopic (exact) mass is 259 g/mol. The molecule has 0 aromatic heterocycles. The molecule has 0 bridgehead atoms. The second-order valence-electron chi connectivity index (χ2n) is 6.54. The summed E-state index contributed by atoms with van der Waals surface area (Å²) in [5, 5.41) is 14.1. The zero-order chi connectivity index (χ0) is 13.3. The molecule has 0 aliphatic heterocycles. The first-order chi connectivity index (χ1) is 9.16. The van der Waals surface area contributed by atoms with Crippen molar-refractivity contribution < 1.29 is 5.11 Å². The predicted octanol–water partition coefficient (Wildman–Crippen LogP) is 3.34. The Labute approximate surface area is 116 Å². The van der Waals surface area contributed by atoms with Crippen LogP contribution >= 0.6 is 0 Å². The Bertz CT molecular complexity index is 415. The van der Waals surface area contributed by atoms with Gasteiger partial charge in [0.2, 0.25) is 0 Å². The number of hydrogen-bond acceptors (Lipinski definition) is 2. The Balaban J connectivity index is 1.66. The van der Waals surface area contributed by atoms with Gasteiger partial charge in [0.25, 0.3) is 0 Å². The summed E-state index contributed by atoms with van der Waals surface area (Å²) in [6.45, 7) is 2.88. The van der Waals surface area contributed by atoms with E-state index in [1.165, 1.54) is 36.8 Å². The fourth-order valence-electron chi connectivity index (χ4n) is 3.27. The molecular weight excluding hydrogens is 234 g/mol. The highest BCUT2D eigenvalue weighted by Crippen LogP contribution is 2.41. The molecule has 0 radical (unpaired) electrons. The first-order valence-electron chi connectivity index (χ1n) is 7.69. The summed E-state index contributed by atoms with van der Waals surface area (Å²) in [5.41, 5.74) is 2.25. The van der Waals surface area contributed by atoms with Crippen LogP contribution in [0.1, 0.15) is 55.7 Å². The molecular formula is C17H25NO. The van der Waals surface area contributed by atoms with Gasteiger partial charge in [-0.3, -0.25) is 0 Å². The molecule has 2 nitrogen and oxygen atoms in total. The second kappa shape index (κ2) is 5.26. The quantitative estimate of drug-likeness (QED) is 0.850. The van der Waals surface area contributed by atoms with Gasteiger partial charge in [0.1, 0.15) is 0 Å². The van der Waals surface area contributed by atoms with Crippen LogP contribution < -0.4 is 5.32 Å². The summed E-state index contributed by atoms with van der Waals surface area (Å²) >= 11 is 0. The van der Waals surface area contributed by atoms with E-state index in [2.05, 4.69) is 36.5 Å². The molecule has 19 heavy (non-hydrogen) atoms. The lowest BCUT2D eigenvalue weighted by molar-refractivity contribution is 0.0440. The maximum atomic E-state index is 10.5. The summed E-state index contributed by atoms with van der Waals surface area (Å²) in [5.74, 6) is 0.771. The third kappa shape index (κ3) is 3.18. The summed E-state index contributed by atoms with van der Waals surface area (Å²) in [6, 6.07) is 9.30. The van der Waals surface area contributed by atoms with Gasteiger partial charge in [-0.15, -0.1) is 0 Å². The van der Waals surface area contributed by atoms with Crippen molar-refractivity contribution >= 4 is 0 Å². The summed E-state index contributed by atoms with van der Waals surface area (Å²) in [6.07, 6.45) is 6.93. The van der Waals surface area contributed by atoms with E-state index in [0.717, 1.165) is 25.3 Å². The highest BCUT2D eigenvalue weighted by atomic mass is 16.3. The van der Waals surface area contributed by atoms with E-state index in [1.54, 1.807) is 0 Å². The number of hydrogen-bond donors (Lipinski definition) is 2. The van der Waals surface area contributed by atoms with E-state index in [0.29, 0.717) is 6.04 Å². The molecule has 2 heteroatoms. The van der Waals surface area contributed by atoms with Crippen molar-refractivity contribution in [1.82, 2.24) is 5.32 Å². The fourth-order valence-corrected chi connectivity index (χ4v) is 3.27. The second-order valence-corrected chi connectivity index (χ2v) is 6.54. The van der Waals surface area contributed by atoms with Gasteiger partial charge in [-0.2, -0.15) is 0 Å². The lowest BCUT2D eigenvalue weighted by Gasteiger charge is -2.27. The van der Waals surface area contributed by atoms with E-state index in [4.69, 9.17) is 0 Å². The van der Waals surface area contributed by atoms with Crippen LogP contribution in [0.2, 0.25) is 0 Å². The minimum Gasteiger partial charge on any atom is -0.389 e. The standard InChI is InChI=1S/C17H25NO/c1-13-4-6-14(7-5-13)16(15-8-9-15)18-12-17(19)10-2-3-11-17/h4-7,15-16,18-19H,2-3,8-12H2,1H3. The molecule has 0 heterocycles. The molecule has 1 aromatic carbocycles. The highest BCUT2D eigenvalue weighted by molar-refractivity contribution is 5.25. The van der Waals surface area contributed by atoms with Gasteiger partial charge in [-0.05, 0) is 44.1 Å². The minimum absolute atomic E-state index is 0.435. The van der Waals surface area contributed by atoms with Gasteiger partial charge >= 0.3 is 0 Å². The van der Waals surface area contributed by atoms with Crippen molar-refractivity contribution in [2.75, 3.05) is 6.54 Å². The molecule has 1 aromatic rings. The summed E-state index contributed by atoms with van der Waals surface area (Å²) < 4.78 is 0. The Hall–Kier alpha value is -0.860. The normalized spacial score (nSPS) is 23.5. The molecule has 0 spiro atoms.